The third kappa shape index (κ3) is 2.82. The fourth-order valence-electron chi connectivity index (χ4n) is 1.15. The monoisotopic (exact) mass is 286 g/mol. The Labute approximate surface area is 103 Å². The zero-order valence-corrected chi connectivity index (χ0v) is 10.7. The topological polar surface area (TPSA) is 32.7 Å². The Bertz CT molecular complexity index is 380. The third-order valence-electron chi connectivity index (χ3n) is 1.97. The second kappa shape index (κ2) is 5.32. The van der Waals surface area contributed by atoms with Crippen molar-refractivity contribution in [2.45, 2.75) is 0 Å². The second-order valence-electron chi connectivity index (χ2n) is 2.97. The normalized spacial score (nSPS) is 18.1. The van der Waals surface area contributed by atoms with E-state index >= 15 is 0 Å². The summed E-state index contributed by atoms with van der Waals surface area (Å²) in [6.45, 7) is 0. The van der Waals surface area contributed by atoms with Gasteiger partial charge in [0.25, 0.3) is 0 Å². The summed E-state index contributed by atoms with van der Waals surface area (Å²) >= 11 is 1.48. The molecule has 1 aromatic rings. The minimum atomic E-state index is 0. The SMILES string of the molecule is Br.CN1C(=O)CSC1=Nc1ccccc1. The average molecular weight is 287 g/mol. The van der Waals surface area contributed by atoms with Gasteiger partial charge in [-0.15, -0.1) is 17.0 Å². The Morgan fingerprint density at radius 3 is 2.53 bits per heavy atom. The number of aliphatic imine (C=N–C) groups is 1. The fraction of sp³-hybridized carbons (Fsp3) is 0.200. The average Bonchev–Trinajstić information content (AvgIpc) is 2.52. The van der Waals surface area contributed by atoms with E-state index in [1.807, 2.05) is 30.3 Å². The van der Waals surface area contributed by atoms with E-state index in [1.54, 1.807) is 11.9 Å². The van der Waals surface area contributed by atoms with E-state index in [1.165, 1.54) is 11.8 Å². The van der Waals surface area contributed by atoms with Gasteiger partial charge in [0.05, 0.1) is 11.4 Å². The Morgan fingerprint density at radius 1 is 1.33 bits per heavy atom. The van der Waals surface area contributed by atoms with E-state index in [9.17, 15) is 4.79 Å². The molecule has 0 aromatic heterocycles. The summed E-state index contributed by atoms with van der Waals surface area (Å²) in [6, 6.07) is 9.65. The van der Waals surface area contributed by atoms with Crippen LogP contribution in [0.5, 0.6) is 0 Å². The number of hydrogen-bond donors (Lipinski definition) is 0. The van der Waals surface area contributed by atoms with Gasteiger partial charge in [0.1, 0.15) is 0 Å². The van der Waals surface area contributed by atoms with Crippen molar-refractivity contribution in [2.75, 3.05) is 12.8 Å². The molecule has 1 aromatic carbocycles. The van der Waals surface area contributed by atoms with Gasteiger partial charge < -0.3 is 0 Å². The highest BCUT2D eigenvalue weighted by Gasteiger charge is 2.23. The number of amides is 1. The molecule has 1 fully saturated rings. The molecule has 1 amide bonds. The number of nitrogens with zero attached hydrogens (tertiary/aromatic N) is 2. The van der Waals surface area contributed by atoms with Crippen LogP contribution < -0.4 is 0 Å². The van der Waals surface area contributed by atoms with Crippen molar-refractivity contribution in [3.8, 4) is 0 Å². The first-order valence-corrected chi connectivity index (χ1v) is 5.29. The molecular formula is C10H11BrN2OS. The van der Waals surface area contributed by atoms with E-state index in [-0.39, 0.29) is 22.9 Å². The summed E-state index contributed by atoms with van der Waals surface area (Å²) in [5, 5.41) is 0.779. The summed E-state index contributed by atoms with van der Waals surface area (Å²) in [5.74, 6) is 0.618. The largest absolute Gasteiger partial charge is 0.294 e. The lowest BCUT2D eigenvalue weighted by molar-refractivity contribution is -0.123. The van der Waals surface area contributed by atoms with E-state index < -0.39 is 0 Å². The highest BCUT2D eigenvalue weighted by Crippen LogP contribution is 2.21. The highest BCUT2D eigenvalue weighted by atomic mass is 79.9. The number of amidine groups is 1. The van der Waals surface area contributed by atoms with Crippen LogP contribution >= 0.6 is 28.7 Å². The van der Waals surface area contributed by atoms with Gasteiger partial charge in [-0.2, -0.15) is 0 Å². The van der Waals surface area contributed by atoms with Crippen LogP contribution in [0, 0.1) is 0 Å². The fourth-order valence-corrected chi connectivity index (χ4v) is 2.06. The van der Waals surface area contributed by atoms with Crippen LogP contribution in [-0.2, 0) is 4.79 Å². The molecule has 0 aliphatic carbocycles. The summed E-state index contributed by atoms with van der Waals surface area (Å²) in [4.78, 5) is 17.2. The molecule has 5 heteroatoms. The molecule has 0 unspecified atom stereocenters. The molecule has 1 aliphatic heterocycles. The number of carbonyl (C=O) groups is 1. The molecule has 0 spiro atoms. The zero-order chi connectivity index (χ0) is 9.97. The van der Waals surface area contributed by atoms with E-state index in [2.05, 4.69) is 4.99 Å². The van der Waals surface area contributed by atoms with Gasteiger partial charge in [-0.25, -0.2) is 4.99 Å². The van der Waals surface area contributed by atoms with E-state index in [0.717, 1.165) is 10.9 Å². The Kier molecular flexibility index (Phi) is 4.35. The summed E-state index contributed by atoms with van der Waals surface area (Å²) < 4.78 is 0. The van der Waals surface area contributed by atoms with Crippen LogP contribution in [0.25, 0.3) is 0 Å². The number of thioether (sulfide) groups is 1. The lowest BCUT2D eigenvalue weighted by Gasteiger charge is -2.07. The lowest BCUT2D eigenvalue weighted by atomic mass is 10.3. The molecule has 15 heavy (non-hydrogen) atoms. The standard InChI is InChI=1S/C10H10N2OS.BrH/c1-12-9(13)7-14-10(12)11-8-5-3-2-4-6-8;/h2-6H,7H2,1H3;1H. The van der Waals surface area contributed by atoms with Crippen LogP contribution in [0.1, 0.15) is 0 Å². The quantitative estimate of drug-likeness (QED) is 0.795. The molecule has 2 rings (SSSR count). The first-order chi connectivity index (χ1) is 6.77. The van der Waals surface area contributed by atoms with Crippen molar-refractivity contribution in [3.05, 3.63) is 30.3 Å². The van der Waals surface area contributed by atoms with Gasteiger partial charge in [-0.1, -0.05) is 30.0 Å². The molecule has 1 aliphatic rings. The number of hydrogen-bond acceptors (Lipinski definition) is 3. The van der Waals surface area contributed by atoms with Gasteiger partial charge in [0.2, 0.25) is 5.91 Å². The van der Waals surface area contributed by atoms with Crippen molar-refractivity contribution < 1.29 is 4.79 Å². The predicted molar refractivity (Wildman–Crippen MR) is 69.1 cm³/mol. The van der Waals surface area contributed by atoms with E-state index in [0.29, 0.717) is 5.75 Å². The number of halogens is 1. The predicted octanol–water partition coefficient (Wildman–Crippen LogP) is 2.46. The summed E-state index contributed by atoms with van der Waals surface area (Å²) in [5.41, 5.74) is 0.886. The molecule has 0 saturated carbocycles. The van der Waals surface area contributed by atoms with Crippen LogP contribution in [-0.4, -0.2) is 28.8 Å². The number of benzene rings is 1. The molecule has 3 nitrogen and oxygen atoms in total. The summed E-state index contributed by atoms with van der Waals surface area (Å²) in [7, 11) is 1.75. The van der Waals surface area contributed by atoms with E-state index in [4.69, 9.17) is 0 Å². The number of para-hydroxylation sites is 1. The molecule has 0 atom stereocenters. The van der Waals surface area contributed by atoms with Crippen molar-refractivity contribution in [1.29, 1.82) is 0 Å². The Hall–Kier alpha value is -0.810. The minimum Gasteiger partial charge on any atom is -0.294 e. The lowest BCUT2D eigenvalue weighted by Crippen LogP contribution is -2.24. The van der Waals surface area contributed by atoms with Crippen LogP contribution in [0.4, 0.5) is 5.69 Å². The molecule has 0 bridgehead atoms. The van der Waals surface area contributed by atoms with Crippen molar-refractivity contribution in [3.63, 3.8) is 0 Å². The van der Waals surface area contributed by atoms with Crippen LogP contribution in [0.15, 0.2) is 35.3 Å². The molecule has 1 heterocycles. The maximum absolute atomic E-state index is 11.2. The minimum absolute atomic E-state index is 0. The Morgan fingerprint density at radius 2 is 2.00 bits per heavy atom. The maximum atomic E-state index is 11.2. The van der Waals surface area contributed by atoms with Gasteiger partial charge in [-0.05, 0) is 12.1 Å². The van der Waals surface area contributed by atoms with Gasteiger partial charge in [0.15, 0.2) is 5.17 Å². The van der Waals surface area contributed by atoms with Gasteiger partial charge in [-0.3, -0.25) is 9.69 Å². The van der Waals surface area contributed by atoms with Crippen molar-refractivity contribution in [1.82, 2.24) is 4.90 Å². The molecule has 0 radical (unpaired) electrons. The number of rotatable bonds is 1. The zero-order valence-electron chi connectivity index (χ0n) is 8.21. The highest BCUT2D eigenvalue weighted by molar-refractivity contribution is 8.93. The first-order valence-electron chi connectivity index (χ1n) is 4.30. The van der Waals surface area contributed by atoms with Crippen LogP contribution in [0.3, 0.4) is 0 Å². The molecular weight excluding hydrogens is 276 g/mol. The van der Waals surface area contributed by atoms with Gasteiger partial charge in [0, 0.05) is 7.05 Å². The molecule has 0 N–H and O–H groups in total. The van der Waals surface area contributed by atoms with Gasteiger partial charge >= 0.3 is 0 Å². The van der Waals surface area contributed by atoms with Crippen LogP contribution in [0.2, 0.25) is 0 Å². The number of carbonyl (C=O) groups excluding carboxylic acids is 1. The first kappa shape index (κ1) is 12.3. The summed E-state index contributed by atoms with van der Waals surface area (Å²) in [6.07, 6.45) is 0. The molecule has 1 saturated heterocycles. The third-order valence-corrected chi connectivity index (χ3v) is 2.98. The maximum Gasteiger partial charge on any atom is 0.238 e. The second-order valence-corrected chi connectivity index (χ2v) is 3.91. The molecule has 80 valence electrons. The van der Waals surface area contributed by atoms with Crippen molar-refractivity contribution in [2.24, 2.45) is 4.99 Å². The smallest absolute Gasteiger partial charge is 0.238 e. The Balaban J connectivity index is 0.00000112. The van der Waals surface area contributed by atoms with Crippen molar-refractivity contribution >= 4 is 45.5 Å².